The SMILES string of the molecule is CN=C(NCC(C)Cn1cccn1)NCC(c1ccccc1OC)N1CCCC1.I. The van der Waals surface area contributed by atoms with Crippen LogP contribution < -0.4 is 15.4 Å². The summed E-state index contributed by atoms with van der Waals surface area (Å²) in [5, 5.41) is 11.3. The number of hydrogen-bond acceptors (Lipinski definition) is 4. The minimum atomic E-state index is 0. The Kier molecular flexibility index (Phi) is 10.4. The lowest BCUT2D eigenvalue weighted by molar-refractivity contribution is 0.239. The summed E-state index contributed by atoms with van der Waals surface area (Å²) in [6, 6.07) is 10.5. The van der Waals surface area contributed by atoms with E-state index in [1.165, 1.54) is 18.4 Å². The third-order valence-electron chi connectivity index (χ3n) is 5.44. The third kappa shape index (κ3) is 6.87. The van der Waals surface area contributed by atoms with Gasteiger partial charge in [0.05, 0.1) is 13.2 Å². The first-order chi connectivity index (χ1) is 14.2. The topological polar surface area (TPSA) is 66.7 Å². The van der Waals surface area contributed by atoms with Gasteiger partial charge in [-0.2, -0.15) is 5.10 Å². The molecule has 1 aliphatic heterocycles. The van der Waals surface area contributed by atoms with Crippen molar-refractivity contribution >= 4 is 29.9 Å². The summed E-state index contributed by atoms with van der Waals surface area (Å²) >= 11 is 0. The van der Waals surface area contributed by atoms with Crippen LogP contribution in [0.3, 0.4) is 0 Å². The highest BCUT2D eigenvalue weighted by molar-refractivity contribution is 14.0. The Bertz CT molecular complexity index is 761. The molecule has 2 N–H and O–H groups in total. The molecular formula is C22H35IN6O. The zero-order chi connectivity index (χ0) is 20.5. The van der Waals surface area contributed by atoms with Crippen molar-refractivity contribution in [3.05, 3.63) is 48.3 Å². The van der Waals surface area contributed by atoms with E-state index in [4.69, 9.17) is 4.74 Å². The lowest BCUT2D eigenvalue weighted by atomic mass is 10.0. The number of ether oxygens (including phenoxy) is 1. The normalized spacial score (nSPS) is 16.6. The van der Waals surface area contributed by atoms with Gasteiger partial charge in [0.25, 0.3) is 0 Å². The Labute approximate surface area is 197 Å². The van der Waals surface area contributed by atoms with E-state index in [-0.39, 0.29) is 30.0 Å². The second-order valence-corrected chi connectivity index (χ2v) is 7.67. The van der Waals surface area contributed by atoms with Crippen molar-refractivity contribution in [1.29, 1.82) is 0 Å². The highest BCUT2D eigenvalue weighted by Gasteiger charge is 2.26. The Hall–Kier alpha value is -1.81. The summed E-state index contributed by atoms with van der Waals surface area (Å²) in [5.74, 6) is 2.22. The van der Waals surface area contributed by atoms with E-state index < -0.39 is 0 Å². The lowest BCUT2D eigenvalue weighted by Crippen LogP contribution is -2.44. The molecule has 2 unspecified atom stereocenters. The van der Waals surface area contributed by atoms with Gasteiger partial charge in [0, 0.05) is 44.6 Å². The number of benzene rings is 1. The molecule has 7 nitrogen and oxygen atoms in total. The molecule has 0 radical (unpaired) electrons. The summed E-state index contributed by atoms with van der Waals surface area (Å²) in [5.41, 5.74) is 1.23. The maximum atomic E-state index is 5.64. The van der Waals surface area contributed by atoms with Gasteiger partial charge >= 0.3 is 0 Å². The molecule has 166 valence electrons. The van der Waals surface area contributed by atoms with Crippen molar-refractivity contribution < 1.29 is 4.74 Å². The molecule has 1 aromatic carbocycles. The third-order valence-corrected chi connectivity index (χ3v) is 5.44. The van der Waals surface area contributed by atoms with Crippen molar-refractivity contribution in [2.75, 3.05) is 40.3 Å². The van der Waals surface area contributed by atoms with Crippen LogP contribution in [0.25, 0.3) is 0 Å². The zero-order valence-electron chi connectivity index (χ0n) is 18.3. The monoisotopic (exact) mass is 526 g/mol. The number of halogens is 1. The Balaban J connectivity index is 0.00000320. The first-order valence-corrected chi connectivity index (χ1v) is 10.5. The predicted octanol–water partition coefficient (Wildman–Crippen LogP) is 3.15. The average molecular weight is 526 g/mol. The van der Waals surface area contributed by atoms with Gasteiger partial charge in [-0.3, -0.25) is 14.6 Å². The van der Waals surface area contributed by atoms with Crippen LogP contribution in [0, 0.1) is 5.92 Å². The van der Waals surface area contributed by atoms with Crippen LogP contribution in [0.2, 0.25) is 0 Å². The summed E-state index contributed by atoms with van der Waals surface area (Å²) in [6.45, 7) is 6.96. The second kappa shape index (κ2) is 12.8. The first kappa shape index (κ1) is 24.5. The van der Waals surface area contributed by atoms with Gasteiger partial charge in [-0.1, -0.05) is 25.1 Å². The van der Waals surface area contributed by atoms with Gasteiger partial charge in [-0.25, -0.2) is 0 Å². The molecule has 0 spiro atoms. The van der Waals surface area contributed by atoms with Gasteiger partial charge in [0.1, 0.15) is 5.75 Å². The van der Waals surface area contributed by atoms with Crippen molar-refractivity contribution in [1.82, 2.24) is 25.3 Å². The molecule has 2 atom stereocenters. The number of nitrogens with zero attached hydrogens (tertiary/aromatic N) is 4. The molecule has 2 aromatic rings. The van der Waals surface area contributed by atoms with Gasteiger partial charge in [-0.05, 0) is 44.0 Å². The average Bonchev–Trinajstić information content (AvgIpc) is 3.45. The molecule has 0 amide bonds. The van der Waals surface area contributed by atoms with Gasteiger partial charge in [0.2, 0.25) is 0 Å². The fourth-order valence-corrected chi connectivity index (χ4v) is 3.91. The van der Waals surface area contributed by atoms with Crippen molar-refractivity contribution in [2.24, 2.45) is 10.9 Å². The van der Waals surface area contributed by atoms with Crippen molar-refractivity contribution in [2.45, 2.75) is 32.4 Å². The zero-order valence-corrected chi connectivity index (χ0v) is 20.6. The molecular weight excluding hydrogens is 491 g/mol. The Morgan fingerprint density at radius 2 is 1.90 bits per heavy atom. The number of likely N-dealkylation sites (tertiary alicyclic amines) is 1. The largest absolute Gasteiger partial charge is 0.496 e. The molecule has 0 aliphatic carbocycles. The smallest absolute Gasteiger partial charge is 0.191 e. The predicted molar refractivity (Wildman–Crippen MR) is 133 cm³/mol. The maximum absolute atomic E-state index is 5.64. The molecule has 3 rings (SSSR count). The number of methoxy groups -OCH3 is 1. The number of rotatable bonds is 9. The number of guanidine groups is 1. The molecule has 8 heteroatoms. The Morgan fingerprint density at radius 1 is 1.17 bits per heavy atom. The molecule has 1 fully saturated rings. The first-order valence-electron chi connectivity index (χ1n) is 10.5. The number of aliphatic imine (C=N–C) groups is 1. The number of nitrogens with one attached hydrogen (secondary N) is 2. The van der Waals surface area contributed by atoms with Crippen LogP contribution >= 0.6 is 24.0 Å². The van der Waals surface area contributed by atoms with Crippen LogP contribution in [0.4, 0.5) is 0 Å². The van der Waals surface area contributed by atoms with Crippen LogP contribution in [-0.2, 0) is 6.54 Å². The van der Waals surface area contributed by atoms with E-state index in [0.717, 1.165) is 44.4 Å². The molecule has 0 bridgehead atoms. The minimum Gasteiger partial charge on any atom is -0.496 e. The summed E-state index contributed by atoms with van der Waals surface area (Å²) in [7, 11) is 3.57. The van der Waals surface area contributed by atoms with Gasteiger partial charge < -0.3 is 15.4 Å². The highest BCUT2D eigenvalue weighted by atomic mass is 127. The van der Waals surface area contributed by atoms with E-state index >= 15 is 0 Å². The van der Waals surface area contributed by atoms with E-state index in [1.54, 1.807) is 7.11 Å². The fourth-order valence-electron chi connectivity index (χ4n) is 3.91. The quantitative estimate of drug-likeness (QED) is 0.299. The maximum Gasteiger partial charge on any atom is 0.191 e. The second-order valence-electron chi connectivity index (χ2n) is 7.67. The standard InChI is InChI=1S/C22H34N6O.HI/c1-18(17-28-14-8-11-26-28)15-24-22(23-2)25-16-20(27-12-6-7-13-27)19-9-4-5-10-21(19)29-3;/h4-5,8-11,14,18,20H,6-7,12-13,15-17H2,1-3H3,(H2,23,24,25);1H. The van der Waals surface area contributed by atoms with Gasteiger partial charge in [0.15, 0.2) is 5.96 Å². The minimum absolute atomic E-state index is 0. The van der Waals surface area contributed by atoms with Gasteiger partial charge in [-0.15, -0.1) is 24.0 Å². The van der Waals surface area contributed by atoms with E-state index in [9.17, 15) is 0 Å². The highest BCUT2D eigenvalue weighted by Crippen LogP contribution is 2.31. The van der Waals surface area contributed by atoms with Crippen LogP contribution in [-0.4, -0.2) is 61.0 Å². The molecule has 1 aliphatic rings. The van der Waals surface area contributed by atoms with Crippen molar-refractivity contribution in [3.63, 3.8) is 0 Å². The summed E-state index contributed by atoms with van der Waals surface area (Å²) in [6.07, 6.45) is 6.32. The Morgan fingerprint density at radius 3 is 2.57 bits per heavy atom. The van der Waals surface area contributed by atoms with E-state index in [1.807, 2.05) is 42.3 Å². The molecule has 1 aromatic heterocycles. The van der Waals surface area contributed by atoms with Crippen LogP contribution in [0.5, 0.6) is 5.75 Å². The summed E-state index contributed by atoms with van der Waals surface area (Å²) < 4.78 is 7.61. The molecule has 0 saturated carbocycles. The van der Waals surface area contributed by atoms with Crippen molar-refractivity contribution in [3.8, 4) is 5.75 Å². The van der Waals surface area contributed by atoms with E-state index in [2.05, 4.69) is 44.7 Å². The fraction of sp³-hybridized carbons (Fsp3) is 0.545. The number of aromatic nitrogens is 2. The molecule has 1 saturated heterocycles. The van der Waals surface area contributed by atoms with Crippen LogP contribution in [0.15, 0.2) is 47.7 Å². The van der Waals surface area contributed by atoms with Crippen LogP contribution in [0.1, 0.15) is 31.4 Å². The molecule has 30 heavy (non-hydrogen) atoms. The van der Waals surface area contributed by atoms with E-state index in [0.29, 0.717) is 5.92 Å². The molecule has 2 heterocycles. The number of hydrogen-bond donors (Lipinski definition) is 2. The summed E-state index contributed by atoms with van der Waals surface area (Å²) in [4.78, 5) is 6.95. The number of para-hydroxylation sites is 1. The lowest BCUT2D eigenvalue weighted by Gasteiger charge is -2.30.